The third-order valence-corrected chi connectivity index (χ3v) is 7.74. The van der Waals surface area contributed by atoms with Crippen molar-refractivity contribution in [1.82, 2.24) is 14.9 Å². The smallest absolute Gasteiger partial charge is 0.222 e. The van der Waals surface area contributed by atoms with Crippen molar-refractivity contribution in [3.63, 3.8) is 0 Å². The summed E-state index contributed by atoms with van der Waals surface area (Å²) in [5.41, 5.74) is 2.81. The van der Waals surface area contributed by atoms with Gasteiger partial charge in [0.15, 0.2) is 0 Å². The van der Waals surface area contributed by atoms with E-state index in [0.29, 0.717) is 6.42 Å². The lowest BCUT2D eigenvalue weighted by Gasteiger charge is -2.36. The van der Waals surface area contributed by atoms with E-state index in [1.54, 1.807) is 0 Å². The minimum absolute atomic E-state index is 0.254. The normalized spacial score (nSPS) is 16.5. The number of carbonyl (C=O) groups is 1. The Morgan fingerprint density at radius 1 is 1.00 bits per heavy atom. The molecule has 1 fully saturated rings. The van der Waals surface area contributed by atoms with E-state index in [0.717, 1.165) is 61.9 Å². The van der Waals surface area contributed by atoms with Gasteiger partial charge < -0.3 is 9.80 Å². The highest BCUT2D eigenvalue weighted by Crippen LogP contribution is 2.40. The second kappa shape index (κ2) is 8.95. The Bertz CT molecular complexity index is 1070. The maximum atomic E-state index is 12.1. The van der Waals surface area contributed by atoms with Crippen LogP contribution in [0.4, 0.5) is 5.82 Å². The van der Waals surface area contributed by atoms with Crippen molar-refractivity contribution in [2.24, 2.45) is 0 Å². The molecule has 0 atom stereocenters. The predicted octanol–water partition coefficient (Wildman–Crippen LogP) is 4.41. The van der Waals surface area contributed by atoms with Gasteiger partial charge in [-0.15, -0.1) is 11.3 Å². The predicted molar refractivity (Wildman–Crippen MR) is 127 cm³/mol. The molecule has 3 heterocycles. The topological polar surface area (TPSA) is 49.3 Å². The second-order valence-corrected chi connectivity index (χ2v) is 9.65. The summed E-state index contributed by atoms with van der Waals surface area (Å²) < 4.78 is 0. The van der Waals surface area contributed by atoms with Gasteiger partial charge in [0.2, 0.25) is 5.91 Å². The van der Waals surface area contributed by atoms with Crippen LogP contribution in [-0.2, 0) is 30.5 Å². The quantitative estimate of drug-likeness (QED) is 0.597. The number of anilines is 1. The summed E-state index contributed by atoms with van der Waals surface area (Å²) in [5, 5.41) is 1.29. The molecule has 0 unspecified atom stereocenters. The Morgan fingerprint density at radius 3 is 2.55 bits per heavy atom. The number of nitrogens with zero attached hydrogens (tertiary/aromatic N) is 4. The molecule has 0 saturated carbocycles. The van der Waals surface area contributed by atoms with Crippen LogP contribution in [0, 0.1) is 0 Å². The number of carbonyl (C=O) groups excluding carboxylic acids is 1. The van der Waals surface area contributed by atoms with Crippen molar-refractivity contribution in [3.8, 4) is 0 Å². The molecule has 1 aliphatic carbocycles. The number of rotatable bonds is 5. The van der Waals surface area contributed by atoms with Crippen molar-refractivity contribution < 1.29 is 4.79 Å². The van der Waals surface area contributed by atoms with Crippen LogP contribution >= 0.6 is 11.3 Å². The minimum atomic E-state index is 0.254. The number of fused-ring (bicyclic) bond motifs is 3. The molecule has 1 amide bonds. The Labute approximate surface area is 188 Å². The van der Waals surface area contributed by atoms with Crippen LogP contribution in [0.3, 0.4) is 0 Å². The Hall–Kier alpha value is -2.47. The SMILES string of the molecule is CCC(=O)N1CCN(c2nc(CCc3ccccc3)nc3sc4c(c23)CCCC4)CC1. The van der Waals surface area contributed by atoms with Crippen LogP contribution in [0.15, 0.2) is 30.3 Å². The van der Waals surface area contributed by atoms with Gasteiger partial charge in [-0.25, -0.2) is 9.97 Å². The van der Waals surface area contributed by atoms with Crippen molar-refractivity contribution in [2.45, 2.75) is 51.9 Å². The molecule has 1 aromatic carbocycles. The number of aromatic nitrogens is 2. The van der Waals surface area contributed by atoms with Gasteiger partial charge in [0.05, 0.1) is 5.39 Å². The molecule has 0 N–H and O–H groups in total. The number of piperazine rings is 1. The number of benzene rings is 1. The molecule has 162 valence electrons. The highest BCUT2D eigenvalue weighted by molar-refractivity contribution is 7.19. The lowest BCUT2D eigenvalue weighted by Crippen LogP contribution is -2.49. The molecule has 2 aliphatic rings. The van der Waals surface area contributed by atoms with Gasteiger partial charge in [-0.3, -0.25) is 4.79 Å². The Morgan fingerprint density at radius 2 is 1.77 bits per heavy atom. The minimum Gasteiger partial charge on any atom is -0.352 e. The van der Waals surface area contributed by atoms with Gasteiger partial charge in [0, 0.05) is 43.9 Å². The van der Waals surface area contributed by atoms with E-state index in [2.05, 4.69) is 35.2 Å². The first-order valence-corrected chi connectivity index (χ1v) is 12.4. The van der Waals surface area contributed by atoms with E-state index in [9.17, 15) is 4.79 Å². The van der Waals surface area contributed by atoms with Crippen LogP contribution in [-0.4, -0.2) is 47.0 Å². The molecule has 5 rings (SSSR count). The summed E-state index contributed by atoms with van der Waals surface area (Å²) in [6.07, 6.45) is 7.24. The molecule has 0 bridgehead atoms. The molecule has 31 heavy (non-hydrogen) atoms. The van der Waals surface area contributed by atoms with Crippen LogP contribution in [0.5, 0.6) is 0 Å². The highest BCUT2D eigenvalue weighted by Gasteiger charge is 2.27. The van der Waals surface area contributed by atoms with Crippen LogP contribution in [0.25, 0.3) is 10.2 Å². The second-order valence-electron chi connectivity index (χ2n) is 8.56. The maximum absolute atomic E-state index is 12.1. The van der Waals surface area contributed by atoms with E-state index in [1.807, 2.05) is 23.2 Å². The molecule has 6 heteroatoms. The van der Waals surface area contributed by atoms with Crippen molar-refractivity contribution >= 4 is 33.3 Å². The zero-order chi connectivity index (χ0) is 21.2. The number of aryl methyl sites for hydroxylation is 4. The van der Waals surface area contributed by atoms with E-state index < -0.39 is 0 Å². The van der Waals surface area contributed by atoms with Crippen molar-refractivity contribution in [3.05, 3.63) is 52.2 Å². The van der Waals surface area contributed by atoms with E-state index >= 15 is 0 Å². The molecule has 1 aliphatic heterocycles. The van der Waals surface area contributed by atoms with Crippen LogP contribution < -0.4 is 4.90 Å². The lowest BCUT2D eigenvalue weighted by atomic mass is 9.96. The lowest BCUT2D eigenvalue weighted by molar-refractivity contribution is -0.131. The molecular formula is C25H30N4OS. The van der Waals surface area contributed by atoms with Crippen LogP contribution in [0.2, 0.25) is 0 Å². The van der Waals surface area contributed by atoms with Gasteiger partial charge in [-0.1, -0.05) is 37.3 Å². The molecular weight excluding hydrogens is 404 g/mol. The summed E-state index contributed by atoms with van der Waals surface area (Å²) in [6.45, 7) is 5.20. The fourth-order valence-corrected chi connectivity index (χ4v) is 6.09. The first-order valence-electron chi connectivity index (χ1n) is 11.6. The fraction of sp³-hybridized carbons (Fsp3) is 0.480. The average molecular weight is 435 g/mol. The number of thiophene rings is 1. The van der Waals surface area contributed by atoms with Gasteiger partial charge in [-0.05, 0) is 43.2 Å². The maximum Gasteiger partial charge on any atom is 0.222 e. The van der Waals surface area contributed by atoms with Gasteiger partial charge in [0.25, 0.3) is 0 Å². The van der Waals surface area contributed by atoms with Gasteiger partial charge in [0.1, 0.15) is 16.5 Å². The summed E-state index contributed by atoms with van der Waals surface area (Å²) in [6, 6.07) is 10.6. The monoisotopic (exact) mass is 434 g/mol. The third-order valence-electron chi connectivity index (χ3n) is 6.56. The Kier molecular flexibility index (Phi) is 5.90. The Balaban J connectivity index is 1.47. The molecule has 0 radical (unpaired) electrons. The van der Waals surface area contributed by atoms with Crippen molar-refractivity contribution in [1.29, 1.82) is 0 Å². The first-order chi connectivity index (χ1) is 15.2. The van der Waals surface area contributed by atoms with E-state index in [4.69, 9.17) is 9.97 Å². The summed E-state index contributed by atoms with van der Waals surface area (Å²) in [7, 11) is 0. The standard InChI is InChI=1S/C25H30N4OS/c1-2-22(30)28-14-16-29(17-15-28)24-23-19-10-6-7-11-20(19)31-25(23)27-21(26-24)13-12-18-8-4-3-5-9-18/h3-5,8-9H,2,6-7,10-17H2,1H3. The zero-order valence-corrected chi connectivity index (χ0v) is 19.1. The molecule has 0 spiro atoms. The first kappa shape index (κ1) is 20.4. The molecule has 5 nitrogen and oxygen atoms in total. The van der Waals surface area contributed by atoms with E-state index in [-0.39, 0.29) is 5.91 Å². The summed E-state index contributed by atoms with van der Waals surface area (Å²) in [5.74, 6) is 2.30. The number of amides is 1. The zero-order valence-electron chi connectivity index (χ0n) is 18.3. The molecule has 2 aromatic heterocycles. The fourth-order valence-electron chi connectivity index (χ4n) is 4.81. The van der Waals surface area contributed by atoms with Gasteiger partial charge in [-0.2, -0.15) is 0 Å². The van der Waals surface area contributed by atoms with Crippen molar-refractivity contribution in [2.75, 3.05) is 31.1 Å². The van der Waals surface area contributed by atoms with E-state index in [1.165, 1.54) is 40.7 Å². The van der Waals surface area contributed by atoms with Crippen LogP contribution in [0.1, 0.15) is 48.0 Å². The van der Waals surface area contributed by atoms with Gasteiger partial charge >= 0.3 is 0 Å². The molecule has 1 saturated heterocycles. The third kappa shape index (κ3) is 4.18. The molecule has 3 aromatic rings. The number of hydrogen-bond donors (Lipinski definition) is 0. The largest absolute Gasteiger partial charge is 0.352 e. The average Bonchev–Trinajstić information content (AvgIpc) is 3.21. The summed E-state index contributed by atoms with van der Waals surface area (Å²) >= 11 is 1.88. The number of hydrogen-bond acceptors (Lipinski definition) is 5. The highest BCUT2D eigenvalue weighted by atomic mass is 32.1. The summed E-state index contributed by atoms with van der Waals surface area (Å²) in [4.78, 5) is 29.3.